The van der Waals surface area contributed by atoms with Crippen molar-refractivity contribution in [2.24, 2.45) is 17.6 Å². The number of carbonyl (C=O) groups is 2. The highest BCUT2D eigenvalue weighted by Crippen LogP contribution is 2.39. The minimum atomic E-state index is -0.731. The zero-order valence-electron chi connectivity index (χ0n) is 16.8. The minimum absolute atomic E-state index is 0.279. The molecule has 1 amide bonds. The van der Waals surface area contributed by atoms with Gasteiger partial charge in [0, 0.05) is 5.56 Å². The number of nitrogens with two attached hydrogens (primary N) is 1. The largest absolute Gasteiger partial charge is 0.481 e. The third-order valence-electron chi connectivity index (χ3n) is 5.80. The molecule has 4 heteroatoms. The van der Waals surface area contributed by atoms with Crippen molar-refractivity contribution in [3.63, 3.8) is 0 Å². The molecule has 0 radical (unpaired) electrons. The van der Waals surface area contributed by atoms with E-state index in [9.17, 15) is 14.7 Å². The third kappa shape index (κ3) is 4.60. The van der Waals surface area contributed by atoms with Crippen molar-refractivity contribution >= 4 is 11.9 Å². The van der Waals surface area contributed by atoms with Crippen LogP contribution in [0.25, 0.3) is 11.1 Å². The van der Waals surface area contributed by atoms with Gasteiger partial charge in [-0.2, -0.15) is 0 Å². The van der Waals surface area contributed by atoms with E-state index in [1.54, 1.807) is 6.07 Å². The number of carboxylic acid groups (broad SMARTS) is 1. The quantitative estimate of drug-likeness (QED) is 0.576. The Hall–Kier alpha value is -3.40. The average molecular weight is 399 g/mol. The molecular weight excluding hydrogens is 374 g/mol. The Labute approximate surface area is 176 Å². The summed E-state index contributed by atoms with van der Waals surface area (Å²) in [5.41, 5.74) is 11.0. The predicted octanol–water partition coefficient (Wildman–Crippen LogP) is 4.70. The van der Waals surface area contributed by atoms with Crippen molar-refractivity contribution in [1.82, 2.24) is 0 Å². The first-order valence-corrected chi connectivity index (χ1v) is 10.3. The maximum atomic E-state index is 12.1. The Morgan fingerprint density at radius 3 is 2.30 bits per heavy atom. The molecule has 0 heterocycles. The van der Waals surface area contributed by atoms with Gasteiger partial charge in [0.2, 0.25) is 5.91 Å². The minimum Gasteiger partial charge on any atom is -0.481 e. The van der Waals surface area contributed by atoms with Crippen LogP contribution in [0.2, 0.25) is 0 Å². The lowest BCUT2D eigenvalue weighted by molar-refractivity contribution is -0.142. The van der Waals surface area contributed by atoms with Gasteiger partial charge in [0.1, 0.15) is 0 Å². The monoisotopic (exact) mass is 399 g/mol. The van der Waals surface area contributed by atoms with Crippen LogP contribution in [0, 0.1) is 11.8 Å². The summed E-state index contributed by atoms with van der Waals surface area (Å²) in [7, 11) is 0. The van der Waals surface area contributed by atoms with Crippen LogP contribution >= 0.6 is 0 Å². The van der Waals surface area contributed by atoms with Crippen molar-refractivity contribution in [3.05, 3.63) is 95.1 Å². The summed E-state index contributed by atoms with van der Waals surface area (Å²) in [6, 6.07) is 23.7. The van der Waals surface area contributed by atoms with Gasteiger partial charge in [-0.25, -0.2) is 0 Å². The fourth-order valence-corrected chi connectivity index (χ4v) is 4.06. The second kappa shape index (κ2) is 8.54. The number of hydrogen-bond donors (Lipinski definition) is 2. The van der Waals surface area contributed by atoms with Crippen LogP contribution in [0.15, 0.2) is 72.8 Å². The number of rotatable bonds is 8. The second-order valence-electron chi connectivity index (χ2n) is 8.09. The maximum Gasteiger partial charge on any atom is 0.307 e. The zero-order valence-corrected chi connectivity index (χ0v) is 16.8. The number of benzene rings is 3. The molecule has 1 atom stereocenters. The van der Waals surface area contributed by atoms with E-state index in [1.165, 1.54) is 5.56 Å². The van der Waals surface area contributed by atoms with Gasteiger partial charge in [-0.15, -0.1) is 0 Å². The van der Waals surface area contributed by atoms with Gasteiger partial charge in [-0.3, -0.25) is 9.59 Å². The Morgan fingerprint density at radius 2 is 1.63 bits per heavy atom. The van der Waals surface area contributed by atoms with Crippen LogP contribution in [0.5, 0.6) is 0 Å². The zero-order chi connectivity index (χ0) is 21.1. The van der Waals surface area contributed by atoms with Gasteiger partial charge in [0.15, 0.2) is 0 Å². The van der Waals surface area contributed by atoms with Crippen LogP contribution in [0.3, 0.4) is 0 Å². The van der Waals surface area contributed by atoms with E-state index in [0.29, 0.717) is 12.0 Å². The fraction of sp³-hybridized carbons (Fsp3) is 0.231. The summed E-state index contributed by atoms with van der Waals surface area (Å²) < 4.78 is 0. The Kier molecular flexibility index (Phi) is 5.66. The van der Waals surface area contributed by atoms with Crippen molar-refractivity contribution in [2.45, 2.75) is 25.7 Å². The van der Waals surface area contributed by atoms with E-state index in [-0.39, 0.29) is 11.8 Å². The normalized spacial score (nSPS) is 14.3. The number of carboxylic acids is 1. The summed E-state index contributed by atoms with van der Waals surface area (Å²) >= 11 is 0. The third-order valence-corrected chi connectivity index (χ3v) is 5.80. The van der Waals surface area contributed by atoms with E-state index in [4.69, 9.17) is 5.73 Å². The lowest BCUT2D eigenvalue weighted by Crippen LogP contribution is -2.18. The molecule has 1 aliphatic carbocycles. The number of amides is 1. The summed E-state index contributed by atoms with van der Waals surface area (Å²) in [6.45, 7) is 0. The van der Waals surface area contributed by atoms with E-state index >= 15 is 0 Å². The Morgan fingerprint density at radius 1 is 0.900 bits per heavy atom. The van der Waals surface area contributed by atoms with Gasteiger partial charge >= 0.3 is 5.97 Å². The molecule has 30 heavy (non-hydrogen) atoms. The molecule has 152 valence electrons. The molecule has 1 saturated carbocycles. The topological polar surface area (TPSA) is 80.4 Å². The number of hydrogen-bond acceptors (Lipinski definition) is 2. The Bertz CT molecular complexity index is 1070. The summed E-state index contributed by atoms with van der Waals surface area (Å²) in [5.74, 6) is -1.27. The van der Waals surface area contributed by atoms with Crippen LogP contribution < -0.4 is 5.73 Å². The highest BCUT2D eigenvalue weighted by atomic mass is 16.4. The molecular formula is C26H25NO3. The lowest BCUT2D eigenvalue weighted by atomic mass is 9.90. The maximum absolute atomic E-state index is 12.1. The van der Waals surface area contributed by atoms with Gasteiger partial charge < -0.3 is 10.8 Å². The molecule has 3 N–H and O–H groups in total. The molecule has 0 spiro atoms. The Balaban J connectivity index is 1.67. The van der Waals surface area contributed by atoms with E-state index in [1.807, 2.05) is 54.6 Å². The van der Waals surface area contributed by atoms with Crippen molar-refractivity contribution < 1.29 is 14.7 Å². The molecule has 1 aliphatic rings. The molecule has 1 fully saturated rings. The predicted molar refractivity (Wildman–Crippen MR) is 117 cm³/mol. The van der Waals surface area contributed by atoms with Crippen LogP contribution in [-0.4, -0.2) is 17.0 Å². The van der Waals surface area contributed by atoms with Gasteiger partial charge in [-0.05, 0) is 65.5 Å². The van der Waals surface area contributed by atoms with E-state index in [0.717, 1.165) is 41.5 Å². The molecule has 4 nitrogen and oxygen atoms in total. The molecule has 4 rings (SSSR count). The standard InChI is InChI=1S/C26H25NO3/c27-25(28)22-12-9-19(13-17-5-2-1-3-6-17)15-23(22)21-8-4-7-18(14-21)16-24(26(29)30)20-10-11-20/h1-9,12,14-15,20,24H,10-11,13,16H2,(H2,27,28)(H,29,30). The molecule has 0 aliphatic heterocycles. The van der Waals surface area contributed by atoms with E-state index in [2.05, 4.69) is 12.1 Å². The van der Waals surface area contributed by atoms with Gasteiger partial charge in [-0.1, -0.05) is 66.7 Å². The highest BCUT2D eigenvalue weighted by Gasteiger charge is 2.36. The van der Waals surface area contributed by atoms with Gasteiger partial charge in [0.05, 0.1) is 5.92 Å². The summed E-state index contributed by atoms with van der Waals surface area (Å²) in [4.78, 5) is 23.7. The molecule has 0 aromatic heterocycles. The summed E-state index contributed by atoms with van der Waals surface area (Å²) in [5, 5.41) is 9.56. The first-order valence-electron chi connectivity index (χ1n) is 10.3. The molecule has 3 aromatic rings. The number of primary amides is 1. The van der Waals surface area contributed by atoms with E-state index < -0.39 is 11.9 Å². The molecule has 3 aromatic carbocycles. The SMILES string of the molecule is NC(=O)c1ccc(Cc2ccccc2)cc1-c1cccc(CC(C(=O)O)C2CC2)c1. The average Bonchev–Trinajstić information content (AvgIpc) is 3.58. The fourth-order valence-electron chi connectivity index (χ4n) is 4.06. The van der Waals surface area contributed by atoms with Crippen molar-refractivity contribution in [2.75, 3.05) is 0 Å². The van der Waals surface area contributed by atoms with Crippen molar-refractivity contribution in [1.29, 1.82) is 0 Å². The number of aliphatic carboxylic acids is 1. The van der Waals surface area contributed by atoms with Gasteiger partial charge in [0.25, 0.3) is 0 Å². The molecule has 1 unspecified atom stereocenters. The van der Waals surface area contributed by atoms with Crippen LogP contribution in [-0.2, 0) is 17.6 Å². The lowest BCUT2D eigenvalue weighted by Gasteiger charge is -2.14. The number of carbonyl (C=O) groups excluding carboxylic acids is 1. The highest BCUT2D eigenvalue weighted by molar-refractivity contribution is 6.00. The molecule has 0 saturated heterocycles. The summed E-state index contributed by atoms with van der Waals surface area (Å²) in [6.07, 6.45) is 3.24. The van der Waals surface area contributed by atoms with Crippen LogP contribution in [0.1, 0.15) is 39.9 Å². The molecule has 0 bridgehead atoms. The van der Waals surface area contributed by atoms with Crippen LogP contribution in [0.4, 0.5) is 0 Å². The first-order chi connectivity index (χ1) is 14.5. The first kappa shape index (κ1) is 19.9. The second-order valence-corrected chi connectivity index (χ2v) is 8.09. The smallest absolute Gasteiger partial charge is 0.307 e. The van der Waals surface area contributed by atoms with Crippen molar-refractivity contribution in [3.8, 4) is 11.1 Å².